The summed E-state index contributed by atoms with van der Waals surface area (Å²) < 4.78 is 0. The summed E-state index contributed by atoms with van der Waals surface area (Å²) in [5, 5.41) is 1.09. The molecule has 1 aromatic carbocycles. The predicted molar refractivity (Wildman–Crippen MR) is 63.9 cm³/mol. The Morgan fingerprint density at radius 1 is 1.38 bits per heavy atom. The third-order valence-corrected chi connectivity index (χ3v) is 2.98. The molecule has 5 N–H and O–H groups in total. The lowest BCUT2D eigenvalue weighted by molar-refractivity contribution is -0.119. The van der Waals surface area contributed by atoms with Gasteiger partial charge in [0.15, 0.2) is 0 Å². The van der Waals surface area contributed by atoms with Gasteiger partial charge in [0.25, 0.3) is 0 Å². The first-order valence-electron chi connectivity index (χ1n) is 5.22. The zero-order valence-corrected chi connectivity index (χ0v) is 9.10. The number of carbonyl (C=O) groups is 1. The van der Waals surface area contributed by atoms with Crippen molar-refractivity contribution in [1.29, 1.82) is 0 Å². The minimum Gasteiger partial charge on any atom is -0.368 e. The van der Waals surface area contributed by atoms with Gasteiger partial charge in [-0.2, -0.15) is 0 Å². The normalized spacial score (nSPS) is 14.9. The zero-order valence-electron chi connectivity index (χ0n) is 9.10. The van der Waals surface area contributed by atoms with Crippen LogP contribution in [0.1, 0.15) is 18.4 Å². The summed E-state index contributed by atoms with van der Waals surface area (Å²) in [4.78, 5) is 14.2. The molecule has 0 saturated heterocycles. The van der Waals surface area contributed by atoms with Gasteiger partial charge in [-0.1, -0.05) is 25.1 Å². The number of nitrogens with one attached hydrogen (secondary N) is 1. The van der Waals surface area contributed by atoms with Crippen molar-refractivity contribution in [1.82, 2.24) is 4.98 Å². The fourth-order valence-corrected chi connectivity index (χ4v) is 1.91. The molecule has 2 aromatic rings. The molecule has 0 fully saturated rings. The smallest absolute Gasteiger partial charge is 0.234 e. The van der Waals surface area contributed by atoms with Gasteiger partial charge < -0.3 is 16.5 Å². The van der Waals surface area contributed by atoms with Gasteiger partial charge in [-0.3, -0.25) is 4.79 Å². The van der Waals surface area contributed by atoms with Gasteiger partial charge in [0.2, 0.25) is 5.91 Å². The quantitative estimate of drug-likeness (QED) is 0.718. The molecule has 0 aliphatic carbocycles. The molecule has 1 heterocycles. The fourth-order valence-electron chi connectivity index (χ4n) is 1.91. The van der Waals surface area contributed by atoms with Crippen molar-refractivity contribution in [3.63, 3.8) is 0 Å². The fraction of sp³-hybridized carbons (Fsp3) is 0.250. The molecule has 0 bridgehead atoms. The maximum Gasteiger partial charge on any atom is 0.234 e. The van der Waals surface area contributed by atoms with Crippen molar-refractivity contribution in [3.05, 3.63) is 36.0 Å². The first kappa shape index (κ1) is 10.7. The van der Waals surface area contributed by atoms with E-state index in [2.05, 4.69) is 4.98 Å². The van der Waals surface area contributed by atoms with Crippen LogP contribution in [0.2, 0.25) is 0 Å². The average molecular weight is 217 g/mol. The summed E-state index contributed by atoms with van der Waals surface area (Å²) >= 11 is 0. The largest absolute Gasteiger partial charge is 0.368 e. The van der Waals surface area contributed by atoms with Crippen molar-refractivity contribution in [3.8, 4) is 0 Å². The average Bonchev–Trinajstić information content (AvgIpc) is 2.70. The highest BCUT2D eigenvalue weighted by atomic mass is 16.1. The van der Waals surface area contributed by atoms with E-state index in [-0.39, 0.29) is 5.92 Å². The van der Waals surface area contributed by atoms with E-state index in [0.717, 1.165) is 16.5 Å². The second-order valence-electron chi connectivity index (χ2n) is 4.01. The molecule has 0 radical (unpaired) electrons. The van der Waals surface area contributed by atoms with E-state index in [1.165, 1.54) is 0 Å². The van der Waals surface area contributed by atoms with Gasteiger partial charge in [0.1, 0.15) is 0 Å². The number of para-hydroxylation sites is 1. The predicted octanol–water partition coefficient (Wildman–Crippen LogP) is 1.08. The summed E-state index contributed by atoms with van der Waals surface area (Å²) in [6.45, 7) is 1.91. The van der Waals surface area contributed by atoms with E-state index in [4.69, 9.17) is 11.5 Å². The van der Waals surface area contributed by atoms with Crippen molar-refractivity contribution in [2.45, 2.75) is 18.9 Å². The highest BCUT2D eigenvalue weighted by molar-refractivity contribution is 5.86. The second kappa shape index (κ2) is 3.98. The van der Waals surface area contributed by atoms with Crippen LogP contribution in [0.4, 0.5) is 0 Å². The minimum atomic E-state index is -0.654. The lowest BCUT2D eigenvalue weighted by atomic mass is 9.93. The summed E-state index contributed by atoms with van der Waals surface area (Å²) in [7, 11) is 0. The standard InChI is InChI=1S/C12H15N3O/c1-7(11(13)12(14)16)9-6-15-10-5-3-2-4-8(9)10/h2-7,11,15H,13H2,1H3,(H2,14,16)/t7-,11+/m1/s1. The number of H-pyrrole nitrogens is 1. The van der Waals surface area contributed by atoms with Gasteiger partial charge in [-0.15, -0.1) is 0 Å². The highest BCUT2D eigenvalue weighted by Crippen LogP contribution is 2.26. The monoisotopic (exact) mass is 217 g/mol. The van der Waals surface area contributed by atoms with Crippen molar-refractivity contribution in [2.24, 2.45) is 11.5 Å². The Bertz CT molecular complexity index is 518. The lowest BCUT2D eigenvalue weighted by Crippen LogP contribution is -2.40. The van der Waals surface area contributed by atoms with Crippen LogP contribution in [0.25, 0.3) is 10.9 Å². The maximum absolute atomic E-state index is 11.1. The molecule has 0 spiro atoms. The number of fused-ring (bicyclic) bond motifs is 1. The summed E-state index contributed by atoms with van der Waals surface area (Å²) in [6.07, 6.45) is 1.89. The summed E-state index contributed by atoms with van der Waals surface area (Å²) in [6, 6.07) is 7.26. The number of carbonyl (C=O) groups excluding carboxylic acids is 1. The third-order valence-electron chi connectivity index (χ3n) is 2.98. The number of primary amides is 1. The summed E-state index contributed by atoms with van der Waals surface area (Å²) in [5.74, 6) is -0.563. The van der Waals surface area contributed by atoms with E-state index in [9.17, 15) is 4.79 Å². The number of aromatic nitrogens is 1. The van der Waals surface area contributed by atoms with E-state index >= 15 is 0 Å². The van der Waals surface area contributed by atoms with Crippen LogP contribution in [-0.4, -0.2) is 16.9 Å². The molecular weight excluding hydrogens is 202 g/mol. The third kappa shape index (κ3) is 1.67. The Morgan fingerprint density at radius 3 is 2.75 bits per heavy atom. The van der Waals surface area contributed by atoms with Crippen LogP contribution >= 0.6 is 0 Å². The molecule has 2 rings (SSSR count). The van der Waals surface area contributed by atoms with Gasteiger partial charge >= 0.3 is 0 Å². The molecule has 16 heavy (non-hydrogen) atoms. The Hall–Kier alpha value is -1.81. The molecule has 0 saturated carbocycles. The Kier molecular flexibility index (Phi) is 2.66. The SMILES string of the molecule is C[C@H](c1c[nH]c2ccccc12)[C@H](N)C(N)=O. The highest BCUT2D eigenvalue weighted by Gasteiger charge is 2.22. The number of aromatic amines is 1. The van der Waals surface area contributed by atoms with Crippen LogP contribution in [0.15, 0.2) is 30.5 Å². The van der Waals surface area contributed by atoms with E-state index in [1.807, 2.05) is 37.4 Å². The number of benzene rings is 1. The molecule has 0 unspecified atom stereocenters. The second-order valence-corrected chi connectivity index (χ2v) is 4.01. The van der Waals surface area contributed by atoms with Crippen molar-refractivity contribution >= 4 is 16.8 Å². The number of rotatable bonds is 3. The van der Waals surface area contributed by atoms with Crippen molar-refractivity contribution < 1.29 is 4.79 Å². The molecule has 0 aliphatic heterocycles. The maximum atomic E-state index is 11.1. The van der Waals surface area contributed by atoms with E-state index in [0.29, 0.717) is 0 Å². The molecule has 2 atom stereocenters. The topological polar surface area (TPSA) is 84.9 Å². The number of hydrogen-bond acceptors (Lipinski definition) is 2. The molecule has 1 amide bonds. The van der Waals surface area contributed by atoms with Gasteiger partial charge in [-0.25, -0.2) is 0 Å². The van der Waals surface area contributed by atoms with Gasteiger partial charge in [0.05, 0.1) is 6.04 Å². The van der Waals surface area contributed by atoms with Crippen LogP contribution < -0.4 is 11.5 Å². The van der Waals surface area contributed by atoms with Crippen LogP contribution in [0.5, 0.6) is 0 Å². The van der Waals surface area contributed by atoms with Gasteiger partial charge in [0, 0.05) is 23.0 Å². The molecule has 84 valence electrons. The molecule has 4 heteroatoms. The van der Waals surface area contributed by atoms with Gasteiger partial charge in [-0.05, 0) is 11.6 Å². The summed E-state index contributed by atoms with van der Waals surface area (Å²) in [5.41, 5.74) is 13.0. The Morgan fingerprint density at radius 2 is 2.06 bits per heavy atom. The first-order valence-corrected chi connectivity index (χ1v) is 5.22. The number of nitrogens with two attached hydrogens (primary N) is 2. The lowest BCUT2D eigenvalue weighted by Gasteiger charge is -2.15. The first-order chi connectivity index (χ1) is 7.61. The molecule has 1 aromatic heterocycles. The van der Waals surface area contributed by atoms with Crippen LogP contribution in [0, 0.1) is 0 Å². The zero-order chi connectivity index (χ0) is 11.7. The minimum absolute atomic E-state index is 0.0892. The van der Waals surface area contributed by atoms with Crippen LogP contribution in [0.3, 0.4) is 0 Å². The number of amides is 1. The molecular formula is C12H15N3O. The van der Waals surface area contributed by atoms with E-state index in [1.54, 1.807) is 0 Å². The molecule has 0 aliphatic rings. The number of hydrogen-bond donors (Lipinski definition) is 3. The van der Waals surface area contributed by atoms with E-state index < -0.39 is 11.9 Å². The Labute approximate surface area is 93.6 Å². The van der Waals surface area contributed by atoms with Crippen LogP contribution in [-0.2, 0) is 4.79 Å². The Balaban J connectivity index is 2.44. The van der Waals surface area contributed by atoms with Crippen molar-refractivity contribution in [2.75, 3.05) is 0 Å². The molecule has 4 nitrogen and oxygen atoms in total.